The van der Waals surface area contributed by atoms with Crippen LogP contribution in [0.2, 0.25) is 0 Å². The number of rotatable bonds is 10. The number of nitrogens with two attached hydrogens (primary N) is 1. The normalized spacial score (nSPS) is 18.4. The van der Waals surface area contributed by atoms with Gasteiger partial charge in [-0.2, -0.15) is 0 Å². The van der Waals surface area contributed by atoms with Crippen LogP contribution < -0.4 is 15.8 Å². The molecule has 2 aromatic heterocycles. The van der Waals surface area contributed by atoms with Gasteiger partial charge in [0, 0.05) is 23.4 Å². The molecule has 0 bridgehead atoms. The number of carbonyl (C=O) groups is 1. The second-order valence-corrected chi connectivity index (χ2v) is 12.0. The van der Waals surface area contributed by atoms with Crippen molar-refractivity contribution in [1.29, 1.82) is 0 Å². The lowest BCUT2D eigenvalue weighted by Gasteiger charge is -2.43. The van der Waals surface area contributed by atoms with Gasteiger partial charge in [-0.1, -0.05) is 91.0 Å². The number of benzene rings is 4. The number of nitrogens with one attached hydrogen (secondary N) is 1. The molecule has 4 atom stereocenters. The van der Waals surface area contributed by atoms with Crippen molar-refractivity contribution in [3.05, 3.63) is 150 Å². The predicted molar refractivity (Wildman–Crippen MR) is 183 cm³/mol. The molecule has 3 heterocycles. The number of anilines is 1. The minimum atomic E-state index is -0.885. The van der Waals surface area contributed by atoms with Gasteiger partial charge in [-0.3, -0.25) is 9.36 Å². The van der Waals surface area contributed by atoms with E-state index in [0.717, 1.165) is 22.4 Å². The van der Waals surface area contributed by atoms with E-state index < -0.39 is 29.9 Å². The Morgan fingerprint density at radius 3 is 2.19 bits per heavy atom. The van der Waals surface area contributed by atoms with Crippen LogP contribution in [0.3, 0.4) is 0 Å². The number of amides is 1. The number of hydrogen-bond donors (Lipinski definition) is 3. The molecule has 0 aliphatic carbocycles. The van der Waals surface area contributed by atoms with Crippen LogP contribution >= 0.6 is 0 Å². The monoisotopic (exact) mass is 640 g/mol. The van der Waals surface area contributed by atoms with Crippen molar-refractivity contribution >= 4 is 22.9 Å². The van der Waals surface area contributed by atoms with Gasteiger partial charge in [0.25, 0.3) is 5.91 Å². The Hall–Kier alpha value is -5.42. The summed E-state index contributed by atoms with van der Waals surface area (Å²) < 4.78 is 13.9. The summed E-state index contributed by atoms with van der Waals surface area (Å²) in [5.41, 5.74) is 11.1. The standard InChI is InChI=1S/C38H36N6O4/c1-47-29-19-17-25(18-20-29)22-38(27-13-7-3-8-14-27,28-15-9-4-10-16-28)34(39)33-30(45)21-31(48-33)44-24-42-32-35(40-23-41-36(32)44)43-37(46)26-11-5-2-6-12-26/h2-20,23-24,30-31,33-34,45H,21-22,39H2,1H3,(H,40,41,43,46)/t30?,31-,33+,34?/m1/s1. The lowest BCUT2D eigenvalue weighted by molar-refractivity contribution is -0.0404. The van der Waals surface area contributed by atoms with Crippen LogP contribution in [0.5, 0.6) is 5.75 Å². The highest BCUT2D eigenvalue weighted by atomic mass is 16.5. The number of fused-ring (bicyclic) bond motifs is 1. The maximum atomic E-state index is 12.9. The van der Waals surface area contributed by atoms with E-state index in [9.17, 15) is 9.90 Å². The van der Waals surface area contributed by atoms with E-state index in [2.05, 4.69) is 44.5 Å². The van der Waals surface area contributed by atoms with Crippen LogP contribution in [-0.4, -0.2) is 55.9 Å². The van der Waals surface area contributed by atoms with Gasteiger partial charge in [-0.25, -0.2) is 15.0 Å². The van der Waals surface area contributed by atoms with Crippen molar-refractivity contribution in [3.8, 4) is 5.75 Å². The molecule has 1 aliphatic rings. The summed E-state index contributed by atoms with van der Waals surface area (Å²) >= 11 is 0. The lowest BCUT2D eigenvalue weighted by atomic mass is 9.64. The Labute approximate surface area is 278 Å². The fraction of sp³-hybridized carbons (Fsp3) is 0.211. The fourth-order valence-corrected chi connectivity index (χ4v) is 6.79. The molecule has 2 unspecified atom stereocenters. The molecule has 10 nitrogen and oxygen atoms in total. The Morgan fingerprint density at radius 2 is 1.56 bits per heavy atom. The predicted octanol–water partition coefficient (Wildman–Crippen LogP) is 5.29. The molecular weight excluding hydrogens is 604 g/mol. The Morgan fingerprint density at radius 1 is 0.938 bits per heavy atom. The summed E-state index contributed by atoms with van der Waals surface area (Å²) in [6.07, 6.45) is 1.55. The van der Waals surface area contributed by atoms with Crippen LogP contribution in [0.4, 0.5) is 5.82 Å². The molecule has 48 heavy (non-hydrogen) atoms. The number of aromatic nitrogens is 4. The maximum Gasteiger partial charge on any atom is 0.256 e. The van der Waals surface area contributed by atoms with Gasteiger partial charge in [-0.15, -0.1) is 0 Å². The molecule has 10 heteroatoms. The van der Waals surface area contributed by atoms with Crippen LogP contribution in [0.1, 0.15) is 39.7 Å². The van der Waals surface area contributed by atoms with E-state index >= 15 is 0 Å². The van der Waals surface area contributed by atoms with Gasteiger partial charge in [0.05, 0.1) is 19.5 Å². The molecule has 4 N–H and O–H groups in total. The molecule has 1 fully saturated rings. The second kappa shape index (κ2) is 13.4. The number of aliphatic hydroxyl groups excluding tert-OH is 1. The van der Waals surface area contributed by atoms with E-state index in [4.69, 9.17) is 15.2 Å². The number of aliphatic hydroxyl groups is 1. The van der Waals surface area contributed by atoms with Crippen molar-refractivity contribution in [2.75, 3.05) is 12.4 Å². The maximum absolute atomic E-state index is 12.9. The number of hydrogen-bond acceptors (Lipinski definition) is 8. The number of carbonyl (C=O) groups excluding carboxylic acids is 1. The zero-order valence-electron chi connectivity index (χ0n) is 26.4. The lowest BCUT2D eigenvalue weighted by Crippen LogP contribution is -2.57. The molecule has 4 aromatic carbocycles. The zero-order valence-corrected chi connectivity index (χ0v) is 26.4. The summed E-state index contributed by atoms with van der Waals surface area (Å²) in [5, 5.41) is 14.5. The van der Waals surface area contributed by atoms with E-state index in [1.54, 1.807) is 42.3 Å². The van der Waals surface area contributed by atoms with E-state index in [1.807, 2.05) is 66.7 Å². The first-order valence-electron chi connectivity index (χ1n) is 15.8. The first kappa shape index (κ1) is 31.2. The van der Waals surface area contributed by atoms with Gasteiger partial charge in [0.2, 0.25) is 0 Å². The van der Waals surface area contributed by atoms with Crippen molar-refractivity contribution in [2.45, 2.75) is 42.7 Å². The highest BCUT2D eigenvalue weighted by Crippen LogP contribution is 2.44. The van der Waals surface area contributed by atoms with Crippen molar-refractivity contribution in [3.63, 3.8) is 0 Å². The molecule has 1 aliphatic heterocycles. The zero-order chi connectivity index (χ0) is 33.1. The minimum Gasteiger partial charge on any atom is -0.497 e. The molecule has 0 spiro atoms. The van der Waals surface area contributed by atoms with Gasteiger partial charge in [0.1, 0.15) is 24.4 Å². The van der Waals surface area contributed by atoms with Crippen LogP contribution in [0, 0.1) is 0 Å². The fourth-order valence-electron chi connectivity index (χ4n) is 6.79. The van der Waals surface area contributed by atoms with Gasteiger partial charge in [-0.05, 0) is 47.4 Å². The third-order valence-corrected chi connectivity index (χ3v) is 9.22. The average Bonchev–Trinajstić information content (AvgIpc) is 3.75. The molecule has 7 rings (SSSR count). The van der Waals surface area contributed by atoms with Crippen LogP contribution in [-0.2, 0) is 16.6 Å². The Kier molecular flexibility index (Phi) is 8.68. The SMILES string of the molecule is COc1ccc(CC(c2ccccc2)(c2ccccc2)C(N)[C@H]2O[C@@H](n3cnc4c(NC(=O)c5ccccc5)ncnc43)CC2O)cc1. The average molecular weight is 641 g/mol. The number of imidazole rings is 1. The molecule has 1 amide bonds. The molecule has 1 saturated heterocycles. The van der Waals surface area contributed by atoms with E-state index in [0.29, 0.717) is 23.1 Å². The van der Waals surface area contributed by atoms with Gasteiger partial charge >= 0.3 is 0 Å². The number of ether oxygens (including phenoxy) is 2. The quantitative estimate of drug-likeness (QED) is 0.184. The number of nitrogens with zero attached hydrogens (tertiary/aromatic N) is 4. The van der Waals surface area contributed by atoms with Crippen molar-refractivity contribution in [1.82, 2.24) is 19.5 Å². The molecule has 0 radical (unpaired) electrons. The van der Waals surface area contributed by atoms with Crippen molar-refractivity contribution in [2.24, 2.45) is 5.73 Å². The van der Waals surface area contributed by atoms with Gasteiger partial charge < -0.3 is 25.6 Å². The van der Waals surface area contributed by atoms with E-state index in [1.165, 1.54) is 6.33 Å². The molecule has 0 saturated carbocycles. The van der Waals surface area contributed by atoms with E-state index in [-0.39, 0.29) is 18.1 Å². The summed E-state index contributed by atoms with van der Waals surface area (Å²) in [7, 11) is 1.65. The van der Waals surface area contributed by atoms with Crippen molar-refractivity contribution < 1.29 is 19.4 Å². The summed E-state index contributed by atoms with van der Waals surface area (Å²) in [5.74, 6) is 0.745. The molecular formula is C38H36N6O4. The summed E-state index contributed by atoms with van der Waals surface area (Å²) in [6, 6.07) is 36.5. The van der Waals surface area contributed by atoms with Crippen LogP contribution in [0.15, 0.2) is 128 Å². The highest BCUT2D eigenvalue weighted by Gasteiger charge is 2.50. The Bertz CT molecular complexity index is 1950. The first-order chi connectivity index (χ1) is 23.5. The Balaban J connectivity index is 1.23. The summed E-state index contributed by atoms with van der Waals surface area (Å²) in [4.78, 5) is 26.2. The second-order valence-electron chi connectivity index (χ2n) is 12.0. The largest absolute Gasteiger partial charge is 0.497 e. The molecule has 242 valence electrons. The number of methoxy groups -OCH3 is 1. The third kappa shape index (κ3) is 5.81. The first-order valence-corrected chi connectivity index (χ1v) is 15.8. The highest BCUT2D eigenvalue weighted by molar-refractivity contribution is 6.06. The smallest absolute Gasteiger partial charge is 0.256 e. The topological polar surface area (TPSA) is 137 Å². The van der Waals surface area contributed by atoms with Gasteiger partial charge in [0.15, 0.2) is 17.0 Å². The van der Waals surface area contributed by atoms with Crippen LogP contribution in [0.25, 0.3) is 11.2 Å². The molecule has 6 aromatic rings. The minimum absolute atomic E-state index is 0.266. The third-order valence-electron chi connectivity index (χ3n) is 9.22. The summed E-state index contributed by atoms with van der Waals surface area (Å²) in [6.45, 7) is 0.